The van der Waals surface area contributed by atoms with Crippen LogP contribution in [0.2, 0.25) is 0 Å². The molecule has 312 valence electrons. The fraction of sp³-hybridized carbons (Fsp3) is 0.0156. The van der Waals surface area contributed by atoms with E-state index in [2.05, 4.69) is 247 Å². The number of amidine groups is 1. The second kappa shape index (κ2) is 14.9. The number of nitrogens with one attached hydrogen (secondary N) is 1. The van der Waals surface area contributed by atoms with E-state index in [1.54, 1.807) is 0 Å². The summed E-state index contributed by atoms with van der Waals surface area (Å²) in [6.07, 6.45) is -0.0180. The first-order chi connectivity index (χ1) is 33.2. The maximum atomic E-state index is 5.29. The van der Waals surface area contributed by atoms with Gasteiger partial charge in [-0.25, -0.2) is 4.99 Å². The van der Waals surface area contributed by atoms with E-state index in [4.69, 9.17) is 4.99 Å². The SMILES string of the molecule is c1ccc2c(c1)N=C(c1ccc(-c3c4ccccc4c(-c4ccc(-c5c6ccccc6c(-c6ccc7ccccc7c6)c6ccccc56)cc4)c4ccccc34)cc1)N1c3ccccc3NC21. The van der Waals surface area contributed by atoms with Gasteiger partial charge in [-0.2, -0.15) is 0 Å². The number of nitrogens with zero attached hydrogens (tertiary/aromatic N) is 2. The summed E-state index contributed by atoms with van der Waals surface area (Å²) in [5.41, 5.74) is 15.4. The summed E-state index contributed by atoms with van der Waals surface area (Å²) in [5.74, 6) is 0.947. The molecular formula is C64H41N3. The third-order valence-electron chi connectivity index (χ3n) is 14.2. The van der Waals surface area contributed by atoms with Gasteiger partial charge in [0.25, 0.3) is 0 Å². The highest BCUT2D eigenvalue weighted by Gasteiger charge is 2.37. The molecule has 0 saturated heterocycles. The van der Waals surface area contributed by atoms with Gasteiger partial charge in [0, 0.05) is 11.1 Å². The minimum absolute atomic E-state index is 0.0180. The monoisotopic (exact) mass is 851 g/mol. The van der Waals surface area contributed by atoms with Crippen LogP contribution in [0, 0.1) is 0 Å². The van der Waals surface area contributed by atoms with Crippen LogP contribution in [0.4, 0.5) is 17.1 Å². The number of aliphatic imine (C=N–C) groups is 1. The van der Waals surface area contributed by atoms with Crippen molar-refractivity contribution in [3.8, 4) is 44.5 Å². The van der Waals surface area contributed by atoms with E-state index in [1.165, 1.54) is 104 Å². The lowest BCUT2D eigenvalue weighted by Crippen LogP contribution is -2.37. The Morgan fingerprint density at radius 3 is 1.24 bits per heavy atom. The lowest BCUT2D eigenvalue weighted by atomic mass is 9.84. The number of fused-ring (bicyclic) bond motifs is 10. The Kier molecular flexibility index (Phi) is 8.35. The standard InChI is InChI=1S/C64H41N3/c1-2-16-45-39-46(38-29-40(45)15-1)62-53-23-9-7-21-51(53)60(52-22-8-10-24-54(52)62)42-32-30-41(31-33-42)59-47-17-3-5-19-49(47)61(50-20-6-4-18-48(50)59)43-34-36-44(37-35-43)63-65-56-26-12-11-25-55(56)64-66-57-27-13-14-28-58(57)67(63)64/h1-39,64,66H. The Labute approximate surface area is 388 Å². The van der Waals surface area contributed by atoms with Crippen LogP contribution in [0.3, 0.4) is 0 Å². The van der Waals surface area contributed by atoms with Gasteiger partial charge in [-0.15, -0.1) is 0 Å². The minimum Gasteiger partial charge on any atom is -0.359 e. The van der Waals surface area contributed by atoms with Crippen molar-refractivity contribution in [2.24, 2.45) is 4.99 Å². The Hall–Kier alpha value is -8.79. The number of hydrogen-bond donors (Lipinski definition) is 1. The Balaban J connectivity index is 0.888. The van der Waals surface area contributed by atoms with Crippen LogP contribution in [0.25, 0.3) is 98.4 Å². The van der Waals surface area contributed by atoms with Crippen LogP contribution in [0.1, 0.15) is 17.3 Å². The van der Waals surface area contributed by atoms with Gasteiger partial charge in [0.05, 0.1) is 17.1 Å². The summed E-state index contributed by atoms with van der Waals surface area (Å²) in [6.45, 7) is 0. The first kappa shape index (κ1) is 37.6. The van der Waals surface area contributed by atoms with Crippen molar-refractivity contribution in [1.29, 1.82) is 0 Å². The molecule has 12 aromatic rings. The predicted molar refractivity (Wildman–Crippen MR) is 284 cm³/mol. The summed E-state index contributed by atoms with van der Waals surface area (Å²) in [5, 5.41) is 16.2. The number of hydrogen-bond acceptors (Lipinski definition) is 3. The highest BCUT2D eigenvalue weighted by atomic mass is 15.4. The Morgan fingerprint density at radius 1 is 0.328 bits per heavy atom. The predicted octanol–water partition coefficient (Wildman–Crippen LogP) is 17.1. The maximum Gasteiger partial charge on any atom is 0.143 e. The summed E-state index contributed by atoms with van der Waals surface area (Å²) < 4.78 is 0. The van der Waals surface area contributed by atoms with Crippen LogP contribution in [-0.2, 0) is 0 Å². The first-order valence-corrected chi connectivity index (χ1v) is 23.2. The smallest absolute Gasteiger partial charge is 0.143 e. The van der Waals surface area contributed by atoms with Gasteiger partial charge in [-0.3, -0.25) is 4.90 Å². The molecule has 2 aliphatic heterocycles. The average molecular weight is 852 g/mol. The van der Waals surface area contributed by atoms with E-state index in [9.17, 15) is 0 Å². The fourth-order valence-electron chi connectivity index (χ4n) is 11.2. The molecule has 0 spiro atoms. The van der Waals surface area contributed by atoms with Gasteiger partial charge in [0.2, 0.25) is 0 Å². The van der Waals surface area contributed by atoms with Crippen LogP contribution in [-0.4, -0.2) is 5.84 Å². The second-order valence-corrected chi connectivity index (χ2v) is 17.8. The van der Waals surface area contributed by atoms with Crippen molar-refractivity contribution in [2.75, 3.05) is 10.2 Å². The molecule has 0 bridgehead atoms. The Bertz CT molecular complexity index is 3900. The van der Waals surface area contributed by atoms with Gasteiger partial charge in [0.1, 0.15) is 12.0 Å². The second-order valence-electron chi connectivity index (χ2n) is 17.8. The van der Waals surface area contributed by atoms with Gasteiger partial charge < -0.3 is 5.32 Å². The first-order valence-electron chi connectivity index (χ1n) is 23.2. The average Bonchev–Trinajstić information content (AvgIpc) is 3.79. The zero-order valence-corrected chi connectivity index (χ0v) is 36.5. The highest BCUT2D eigenvalue weighted by Crippen LogP contribution is 2.49. The van der Waals surface area contributed by atoms with E-state index >= 15 is 0 Å². The molecule has 2 heterocycles. The molecule has 0 radical (unpaired) electrons. The molecule has 3 heteroatoms. The zero-order valence-electron chi connectivity index (χ0n) is 36.5. The molecule has 12 aromatic carbocycles. The van der Waals surface area contributed by atoms with Gasteiger partial charge in [0.15, 0.2) is 0 Å². The van der Waals surface area contributed by atoms with Crippen molar-refractivity contribution >= 4 is 76.8 Å². The van der Waals surface area contributed by atoms with E-state index in [0.29, 0.717) is 0 Å². The van der Waals surface area contributed by atoms with Gasteiger partial charge in [-0.05, 0) is 123 Å². The molecule has 1 unspecified atom stereocenters. The van der Waals surface area contributed by atoms with Crippen LogP contribution >= 0.6 is 0 Å². The highest BCUT2D eigenvalue weighted by molar-refractivity contribution is 6.24. The zero-order chi connectivity index (χ0) is 44.0. The molecular weight excluding hydrogens is 811 g/mol. The van der Waals surface area contributed by atoms with Crippen LogP contribution in [0.15, 0.2) is 242 Å². The fourth-order valence-corrected chi connectivity index (χ4v) is 11.2. The van der Waals surface area contributed by atoms with Crippen molar-refractivity contribution in [3.63, 3.8) is 0 Å². The van der Waals surface area contributed by atoms with E-state index in [-0.39, 0.29) is 6.17 Å². The lowest BCUT2D eigenvalue weighted by Gasteiger charge is -2.33. The molecule has 0 saturated carbocycles. The van der Waals surface area contributed by atoms with E-state index in [0.717, 1.165) is 28.5 Å². The molecule has 1 N–H and O–H groups in total. The third kappa shape index (κ3) is 5.81. The molecule has 3 nitrogen and oxygen atoms in total. The largest absolute Gasteiger partial charge is 0.359 e. The molecule has 0 amide bonds. The number of para-hydroxylation sites is 3. The molecule has 2 aliphatic rings. The van der Waals surface area contributed by atoms with Crippen molar-refractivity contribution in [2.45, 2.75) is 6.17 Å². The molecule has 14 rings (SSSR count). The number of rotatable bonds is 5. The van der Waals surface area contributed by atoms with Crippen molar-refractivity contribution in [1.82, 2.24) is 0 Å². The topological polar surface area (TPSA) is 27.6 Å². The summed E-state index contributed by atoms with van der Waals surface area (Å²) in [7, 11) is 0. The summed E-state index contributed by atoms with van der Waals surface area (Å²) in [4.78, 5) is 7.64. The molecule has 67 heavy (non-hydrogen) atoms. The van der Waals surface area contributed by atoms with Crippen LogP contribution < -0.4 is 10.2 Å². The van der Waals surface area contributed by atoms with Crippen molar-refractivity contribution in [3.05, 3.63) is 248 Å². The lowest BCUT2D eigenvalue weighted by molar-refractivity contribution is 0.832. The molecule has 0 aromatic heterocycles. The van der Waals surface area contributed by atoms with Crippen molar-refractivity contribution < 1.29 is 0 Å². The quantitative estimate of drug-likeness (QED) is 0.175. The minimum atomic E-state index is -0.0180. The van der Waals surface area contributed by atoms with Gasteiger partial charge >= 0.3 is 0 Å². The third-order valence-corrected chi connectivity index (χ3v) is 14.2. The van der Waals surface area contributed by atoms with Crippen LogP contribution in [0.5, 0.6) is 0 Å². The van der Waals surface area contributed by atoms with E-state index in [1.807, 2.05) is 0 Å². The number of anilines is 2. The normalized spacial score (nSPS) is 14.0. The summed E-state index contributed by atoms with van der Waals surface area (Å²) in [6, 6.07) is 86.7. The summed E-state index contributed by atoms with van der Waals surface area (Å²) >= 11 is 0. The molecule has 1 atom stereocenters. The maximum absolute atomic E-state index is 5.29. The van der Waals surface area contributed by atoms with E-state index < -0.39 is 0 Å². The van der Waals surface area contributed by atoms with Gasteiger partial charge in [-0.1, -0.05) is 212 Å². The number of benzene rings is 12. The molecule has 0 aliphatic carbocycles. The Morgan fingerprint density at radius 2 is 0.716 bits per heavy atom. The molecule has 0 fully saturated rings.